The van der Waals surface area contributed by atoms with Gasteiger partial charge in [0.1, 0.15) is 0 Å². The van der Waals surface area contributed by atoms with E-state index in [9.17, 15) is 4.79 Å². The highest BCUT2D eigenvalue weighted by Crippen LogP contribution is 2.33. The molecule has 2 rings (SSSR count). The van der Waals surface area contributed by atoms with Gasteiger partial charge in [-0.3, -0.25) is 4.99 Å². The first-order chi connectivity index (χ1) is 7.15. The predicted octanol–water partition coefficient (Wildman–Crippen LogP) is 2.82. The van der Waals surface area contributed by atoms with E-state index in [0.29, 0.717) is 21.6 Å². The first-order valence-electron chi connectivity index (χ1n) is 4.24. The number of aliphatic imine (C=N–C) groups is 1. The van der Waals surface area contributed by atoms with E-state index >= 15 is 0 Å². The second-order valence-corrected chi connectivity index (χ2v) is 4.28. The van der Waals surface area contributed by atoms with Gasteiger partial charge in [0.15, 0.2) is 0 Å². The standard InChI is InChI=1S/C10H7BrClNO2/c1-15-10(14)8-6-4-13-3-5(6)2-7(12)9(8)11/h2,4H,3H2,1H3. The molecule has 0 saturated carbocycles. The van der Waals surface area contributed by atoms with Gasteiger partial charge in [-0.05, 0) is 27.6 Å². The van der Waals surface area contributed by atoms with Crippen molar-refractivity contribution in [1.29, 1.82) is 0 Å². The summed E-state index contributed by atoms with van der Waals surface area (Å²) in [6.07, 6.45) is 1.67. The summed E-state index contributed by atoms with van der Waals surface area (Å²) >= 11 is 9.27. The maximum atomic E-state index is 11.6. The van der Waals surface area contributed by atoms with E-state index in [-0.39, 0.29) is 0 Å². The summed E-state index contributed by atoms with van der Waals surface area (Å²) < 4.78 is 5.27. The van der Waals surface area contributed by atoms with Gasteiger partial charge in [-0.2, -0.15) is 0 Å². The third-order valence-corrected chi connectivity index (χ3v) is 3.57. The molecule has 0 atom stereocenters. The molecule has 78 valence electrons. The lowest BCUT2D eigenvalue weighted by Crippen LogP contribution is -2.07. The van der Waals surface area contributed by atoms with Crippen LogP contribution in [0.4, 0.5) is 0 Å². The van der Waals surface area contributed by atoms with Crippen molar-refractivity contribution in [2.24, 2.45) is 4.99 Å². The summed E-state index contributed by atoms with van der Waals surface area (Å²) in [5, 5.41) is 0.500. The first-order valence-corrected chi connectivity index (χ1v) is 5.41. The molecular weight excluding hydrogens is 281 g/mol. The SMILES string of the molecule is COC(=O)c1c(Br)c(Cl)cc2c1C=NC2. The van der Waals surface area contributed by atoms with Gasteiger partial charge in [0, 0.05) is 11.8 Å². The number of nitrogens with zero attached hydrogens (tertiary/aromatic N) is 1. The summed E-state index contributed by atoms with van der Waals surface area (Å²) in [5.74, 6) is -0.408. The number of hydrogen-bond donors (Lipinski definition) is 0. The summed E-state index contributed by atoms with van der Waals surface area (Å²) in [6, 6.07) is 1.81. The topological polar surface area (TPSA) is 38.7 Å². The van der Waals surface area contributed by atoms with Crippen LogP contribution in [0.3, 0.4) is 0 Å². The van der Waals surface area contributed by atoms with E-state index in [1.54, 1.807) is 12.3 Å². The summed E-state index contributed by atoms with van der Waals surface area (Å²) in [4.78, 5) is 15.7. The second kappa shape index (κ2) is 3.94. The van der Waals surface area contributed by atoms with Crippen LogP contribution in [0, 0.1) is 0 Å². The number of fused-ring (bicyclic) bond motifs is 1. The van der Waals surface area contributed by atoms with Crippen molar-refractivity contribution >= 4 is 39.7 Å². The van der Waals surface area contributed by atoms with E-state index < -0.39 is 5.97 Å². The van der Waals surface area contributed by atoms with Crippen LogP contribution in [-0.4, -0.2) is 19.3 Å². The minimum absolute atomic E-state index is 0.408. The van der Waals surface area contributed by atoms with Crippen LogP contribution in [0.1, 0.15) is 21.5 Å². The van der Waals surface area contributed by atoms with Gasteiger partial charge in [-0.25, -0.2) is 4.79 Å². The molecule has 5 heteroatoms. The molecule has 1 heterocycles. The van der Waals surface area contributed by atoms with Gasteiger partial charge in [-0.1, -0.05) is 11.6 Å². The number of halogens is 2. The normalized spacial score (nSPS) is 12.7. The minimum atomic E-state index is -0.408. The zero-order valence-corrected chi connectivity index (χ0v) is 10.2. The maximum absolute atomic E-state index is 11.6. The molecule has 1 aliphatic rings. The van der Waals surface area contributed by atoms with Gasteiger partial charge in [0.25, 0.3) is 0 Å². The summed E-state index contributed by atoms with van der Waals surface area (Å²) in [5.41, 5.74) is 2.18. The molecule has 0 fully saturated rings. The maximum Gasteiger partial charge on any atom is 0.339 e. The molecule has 0 saturated heterocycles. The third kappa shape index (κ3) is 1.68. The summed E-state index contributed by atoms with van der Waals surface area (Å²) in [7, 11) is 1.34. The highest BCUT2D eigenvalue weighted by molar-refractivity contribution is 9.10. The van der Waals surface area contributed by atoms with Crippen molar-refractivity contribution in [2.45, 2.75) is 6.54 Å². The lowest BCUT2D eigenvalue weighted by Gasteiger charge is -2.09. The molecule has 15 heavy (non-hydrogen) atoms. The van der Waals surface area contributed by atoms with E-state index in [4.69, 9.17) is 16.3 Å². The molecule has 0 spiro atoms. The highest BCUT2D eigenvalue weighted by Gasteiger charge is 2.22. The molecule has 0 amide bonds. The van der Waals surface area contributed by atoms with E-state index in [1.807, 2.05) is 0 Å². The lowest BCUT2D eigenvalue weighted by molar-refractivity contribution is 0.0599. The third-order valence-electron chi connectivity index (χ3n) is 2.22. The summed E-state index contributed by atoms with van der Waals surface area (Å²) in [6.45, 7) is 0.562. The number of carbonyl (C=O) groups is 1. The number of esters is 1. The van der Waals surface area contributed by atoms with Crippen LogP contribution in [0.5, 0.6) is 0 Å². The average molecular weight is 289 g/mol. The molecule has 0 aliphatic carbocycles. The molecule has 0 aromatic heterocycles. The van der Waals surface area contributed by atoms with Crippen molar-refractivity contribution in [1.82, 2.24) is 0 Å². The molecule has 0 radical (unpaired) electrons. The van der Waals surface area contributed by atoms with E-state index in [1.165, 1.54) is 7.11 Å². The van der Waals surface area contributed by atoms with Crippen molar-refractivity contribution in [3.05, 3.63) is 32.3 Å². The smallest absolute Gasteiger partial charge is 0.339 e. The van der Waals surface area contributed by atoms with Crippen LogP contribution in [-0.2, 0) is 11.3 Å². The Morgan fingerprint density at radius 2 is 2.40 bits per heavy atom. The fraction of sp³-hybridized carbons (Fsp3) is 0.200. The minimum Gasteiger partial charge on any atom is -0.465 e. The zero-order valence-electron chi connectivity index (χ0n) is 7.88. The number of ether oxygens (including phenoxy) is 1. The Labute approximate surface area is 100 Å². The largest absolute Gasteiger partial charge is 0.465 e. The highest BCUT2D eigenvalue weighted by atomic mass is 79.9. The number of hydrogen-bond acceptors (Lipinski definition) is 3. The number of methoxy groups -OCH3 is 1. The van der Waals surface area contributed by atoms with Gasteiger partial charge >= 0.3 is 5.97 Å². The zero-order chi connectivity index (χ0) is 11.0. The number of carbonyl (C=O) groups excluding carboxylic acids is 1. The Morgan fingerprint density at radius 1 is 1.67 bits per heavy atom. The fourth-order valence-electron chi connectivity index (χ4n) is 1.51. The van der Waals surface area contributed by atoms with Crippen LogP contribution < -0.4 is 0 Å². The van der Waals surface area contributed by atoms with Crippen LogP contribution in [0.25, 0.3) is 0 Å². The van der Waals surface area contributed by atoms with Crippen LogP contribution in [0.2, 0.25) is 5.02 Å². The fourth-order valence-corrected chi connectivity index (χ4v) is 2.22. The lowest BCUT2D eigenvalue weighted by atomic mass is 10.0. The molecule has 0 bridgehead atoms. The Balaban J connectivity index is 2.70. The van der Waals surface area contributed by atoms with E-state index in [2.05, 4.69) is 20.9 Å². The average Bonchev–Trinajstić information content (AvgIpc) is 2.66. The van der Waals surface area contributed by atoms with Gasteiger partial charge < -0.3 is 4.74 Å². The van der Waals surface area contributed by atoms with Crippen molar-refractivity contribution < 1.29 is 9.53 Å². The first kappa shape index (κ1) is 10.6. The number of rotatable bonds is 1. The van der Waals surface area contributed by atoms with Gasteiger partial charge in [-0.15, -0.1) is 0 Å². The van der Waals surface area contributed by atoms with E-state index in [0.717, 1.165) is 11.1 Å². The molecule has 3 nitrogen and oxygen atoms in total. The molecule has 1 aliphatic heterocycles. The quantitative estimate of drug-likeness (QED) is 0.745. The van der Waals surface area contributed by atoms with Gasteiger partial charge in [0.2, 0.25) is 0 Å². The Morgan fingerprint density at radius 3 is 3.07 bits per heavy atom. The Hall–Kier alpha value is -0.870. The van der Waals surface area contributed by atoms with Gasteiger partial charge in [0.05, 0.1) is 28.7 Å². The Kier molecular flexibility index (Phi) is 2.80. The molecule has 0 N–H and O–H groups in total. The van der Waals surface area contributed by atoms with Crippen LogP contribution in [0.15, 0.2) is 15.5 Å². The predicted molar refractivity (Wildman–Crippen MR) is 61.8 cm³/mol. The Bertz CT molecular complexity index is 471. The monoisotopic (exact) mass is 287 g/mol. The molecule has 1 aromatic rings. The molecular formula is C10H7BrClNO2. The number of benzene rings is 1. The van der Waals surface area contributed by atoms with Crippen molar-refractivity contribution in [3.63, 3.8) is 0 Å². The second-order valence-electron chi connectivity index (χ2n) is 3.08. The molecule has 1 aromatic carbocycles. The van der Waals surface area contributed by atoms with Crippen molar-refractivity contribution in [2.75, 3.05) is 7.11 Å². The molecule has 0 unspecified atom stereocenters. The van der Waals surface area contributed by atoms with Crippen LogP contribution >= 0.6 is 27.5 Å². The van der Waals surface area contributed by atoms with Crippen molar-refractivity contribution in [3.8, 4) is 0 Å².